The number of rotatable bonds is 3. The lowest BCUT2D eigenvalue weighted by Crippen LogP contribution is -1.99. The van der Waals surface area contributed by atoms with Gasteiger partial charge in [-0.2, -0.15) is 0 Å². The van der Waals surface area contributed by atoms with Crippen molar-refractivity contribution < 1.29 is 18.8 Å². The van der Waals surface area contributed by atoms with Crippen molar-refractivity contribution >= 4 is 16.9 Å². The zero-order valence-electron chi connectivity index (χ0n) is 9.29. The third-order valence-electron chi connectivity index (χ3n) is 2.64. The molecule has 0 saturated carbocycles. The molecule has 0 aliphatic carbocycles. The fraction of sp³-hybridized carbons (Fsp3) is 0.0769. The number of para-hydroxylation sites is 1. The summed E-state index contributed by atoms with van der Waals surface area (Å²) in [6.45, 7) is 0. The number of carbonyl (C=O) groups is 1. The number of hydrogen-bond donors (Lipinski definition) is 1. The maximum atomic E-state index is 10.7. The number of hydrogen-bond acceptors (Lipinski definition) is 4. The summed E-state index contributed by atoms with van der Waals surface area (Å²) in [5.74, 6) is -0.0749. The topological polar surface area (TPSA) is 76.5 Å². The first-order chi connectivity index (χ1) is 8.74. The van der Waals surface area contributed by atoms with Gasteiger partial charge in [0.1, 0.15) is 5.58 Å². The minimum Gasteiger partial charge on any atom is -0.481 e. The molecule has 0 bridgehead atoms. The molecule has 3 aromatic rings. The van der Waals surface area contributed by atoms with E-state index in [0.29, 0.717) is 17.1 Å². The van der Waals surface area contributed by atoms with Crippen LogP contribution >= 0.6 is 0 Å². The highest BCUT2D eigenvalue weighted by atomic mass is 16.5. The van der Waals surface area contributed by atoms with Crippen molar-refractivity contribution in [3.63, 3.8) is 0 Å². The fourth-order valence-electron chi connectivity index (χ4n) is 1.85. The van der Waals surface area contributed by atoms with Gasteiger partial charge in [-0.15, -0.1) is 0 Å². The number of aromatic nitrogens is 1. The van der Waals surface area contributed by atoms with E-state index >= 15 is 0 Å². The van der Waals surface area contributed by atoms with Gasteiger partial charge in [0.05, 0.1) is 12.6 Å². The molecule has 0 fully saturated rings. The fourth-order valence-corrected chi connectivity index (χ4v) is 1.85. The first-order valence-corrected chi connectivity index (χ1v) is 5.38. The molecule has 3 rings (SSSR count). The summed E-state index contributed by atoms with van der Waals surface area (Å²) in [7, 11) is 0. The van der Waals surface area contributed by atoms with Gasteiger partial charge in [-0.3, -0.25) is 4.79 Å². The molecule has 18 heavy (non-hydrogen) atoms. The number of furan rings is 1. The van der Waals surface area contributed by atoms with E-state index in [9.17, 15) is 4.79 Å². The van der Waals surface area contributed by atoms with E-state index < -0.39 is 5.97 Å². The van der Waals surface area contributed by atoms with E-state index in [4.69, 9.17) is 14.0 Å². The Kier molecular flexibility index (Phi) is 2.37. The van der Waals surface area contributed by atoms with E-state index in [0.717, 1.165) is 11.0 Å². The number of aliphatic carboxylic acids is 1. The van der Waals surface area contributed by atoms with Gasteiger partial charge in [-0.05, 0) is 12.1 Å². The maximum Gasteiger partial charge on any atom is 0.308 e. The summed E-state index contributed by atoms with van der Waals surface area (Å²) in [4.78, 5) is 10.7. The molecule has 1 N–H and O–H groups in total. The monoisotopic (exact) mass is 243 g/mol. The minimum atomic E-state index is -0.935. The number of carboxylic acid groups (broad SMARTS) is 1. The van der Waals surface area contributed by atoms with E-state index in [1.165, 1.54) is 6.20 Å². The first kappa shape index (κ1) is 10.6. The van der Waals surface area contributed by atoms with Gasteiger partial charge in [0.2, 0.25) is 5.76 Å². The van der Waals surface area contributed by atoms with Crippen LogP contribution in [0.4, 0.5) is 0 Å². The molecule has 0 unspecified atom stereocenters. The molecule has 1 aromatic carbocycles. The van der Waals surface area contributed by atoms with Crippen LogP contribution in [-0.2, 0) is 11.2 Å². The van der Waals surface area contributed by atoms with Crippen molar-refractivity contribution in [2.24, 2.45) is 0 Å². The highest BCUT2D eigenvalue weighted by Gasteiger charge is 2.17. The van der Waals surface area contributed by atoms with Gasteiger partial charge in [0, 0.05) is 10.9 Å². The number of fused-ring (bicyclic) bond motifs is 1. The summed E-state index contributed by atoms with van der Waals surface area (Å²) in [5, 5.41) is 13.4. The van der Waals surface area contributed by atoms with Gasteiger partial charge >= 0.3 is 5.97 Å². The van der Waals surface area contributed by atoms with Crippen molar-refractivity contribution in [2.45, 2.75) is 6.42 Å². The van der Waals surface area contributed by atoms with Crippen molar-refractivity contribution in [2.75, 3.05) is 0 Å². The zero-order chi connectivity index (χ0) is 12.5. The lowest BCUT2D eigenvalue weighted by Gasteiger charge is -1.93. The molecule has 0 aliphatic rings. The summed E-state index contributed by atoms with van der Waals surface area (Å²) >= 11 is 0. The van der Waals surface area contributed by atoms with Crippen molar-refractivity contribution in [1.29, 1.82) is 0 Å². The predicted octanol–water partition coefficient (Wildman–Crippen LogP) is 2.71. The number of carboxylic acids is 1. The Bertz CT molecular complexity index is 677. The Balaban J connectivity index is 2.08. The van der Waals surface area contributed by atoms with Crippen LogP contribution in [0, 0.1) is 0 Å². The molecule has 0 saturated heterocycles. The summed E-state index contributed by atoms with van der Waals surface area (Å²) in [6, 6.07) is 9.33. The van der Waals surface area contributed by atoms with Crippen molar-refractivity contribution in [1.82, 2.24) is 5.16 Å². The highest BCUT2D eigenvalue weighted by Crippen LogP contribution is 2.30. The van der Waals surface area contributed by atoms with Crippen LogP contribution < -0.4 is 0 Å². The lowest BCUT2D eigenvalue weighted by molar-refractivity contribution is -0.136. The maximum absolute atomic E-state index is 10.7. The number of nitrogens with zero attached hydrogens (tertiary/aromatic N) is 1. The third kappa shape index (κ3) is 1.75. The van der Waals surface area contributed by atoms with E-state index in [2.05, 4.69) is 5.16 Å². The molecule has 5 heteroatoms. The van der Waals surface area contributed by atoms with Crippen LogP contribution in [0.2, 0.25) is 0 Å². The van der Waals surface area contributed by atoms with E-state index in [1.54, 1.807) is 6.07 Å². The third-order valence-corrected chi connectivity index (χ3v) is 2.64. The largest absolute Gasteiger partial charge is 0.481 e. The summed E-state index contributed by atoms with van der Waals surface area (Å²) in [6.07, 6.45) is 1.26. The normalized spacial score (nSPS) is 10.9. The number of benzene rings is 1. The molecule has 2 aromatic heterocycles. The smallest absolute Gasteiger partial charge is 0.308 e. The summed E-state index contributed by atoms with van der Waals surface area (Å²) in [5.41, 5.74) is 1.23. The second-order valence-corrected chi connectivity index (χ2v) is 3.90. The van der Waals surface area contributed by atoms with Crippen LogP contribution in [0.5, 0.6) is 0 Å². The van der Waals surface area contributed by atoms with Gasteiger partial charge in [0.25, 0.3) is 0 Å². The Hall–Kier alpha value is -2.56. The standard InChI is InChI=1S/C13H9NO4/c15-12(16)6-9-7-14-18-13(9)11-5-8-3-1-2-4-10(8)17-11/h1-5,7H,6H2,(H,15,16). The molecule has 0 amide bonds. The van der Waals surface area contributed by atoms with Gasteiger partial charge in [0.15, 0.2) is 5.76 Å². The average molecular weight is 243 g/mol. The molecule has 2 heterocycles. The molecule has 90 valence electrons. The van der Waals surface area contributed by atoms with Gasteiger partial charge in [-0.1, -0.05) is 23.4 Å². The van der Waals surface area contributed by atoms with Crippen molar-refractivity contribution in [3.05, 3.63) is 42.1 Å². The first-order valence-electron chi connectivity index (χ1n) is 5.38. The molecular weight excluding hydrogens is 234 g/mol. The van der Waals surface area contributed by atoms with Crippen LogP contribution in [0.3, 0.4) is 0 Å². The minimum absolute atomic E-state index is 0.143. The molecule has 0 radical (unpaired) electrons. The van der Waals surface area contributed by atoms with Gasteiger partial charge in [-0.25, -0.2) is 0 Å². The zero-order valence-corrected chi connectivity index (χ0v) is 9.29. The van der Waals surface area contributed by atoms with Crippen molar-refractivity contribution in [3.8, 4) is 11.5 Å². The predicted molar refractivity (Wildman–Crippen MR) is 63.1 cm³/mol. The van der Waals surface area contributed by atoms with Crippen LogP contribution in [0.15, 0.2) is 45.5 Å². The highest BCUT2D eigenvalue weighted by molar-refractivity contribution is 5.83. The molecule has 0 aliphatic heterocycles. The molecular formula is C13H9NO4. The molecule has 5 nitrogen and oxygen atoms in total. The quantitative estimate of drug-likeness (QED) is 0.765. The Labute approximate surface area is 102 Å². The summed E-state index contributed by atoms with van der Waals surface area (Å²) < 4.78 is 10.7. The Morgan fingerprint density at radius 3 is 2.94 bits per heavy atom. The van der Waals surface area contributed by atoms with Crippen LogP contribution in [0.1, 0.15) is 5.56 Å². The lowest BCUT2D eigenvalue weighted by atomic mass is 10.1. The van der Waals surface area contributed by atoms with E-state index in [1.807, 2.05) is 24.3 Å². The SMILES string of the molecule is O=C(O)Cc1cnoc1-c1cc2ccccc2o1. The van der Waals surface area contributed by atoms with Crippen LogP contribution in [0.25, 0.3) is 22.5 Å². The Morgan fingerprint density at radius 2 is 2.17 bits per heavy atom. The average Bonchev–Trinajstić information content (AvgIpc) is 2.93. The molecule has 0 spiro atoms. The molecule has 0 atom stereocenters. The second-order valence-electron chi connectivity index (χ2n) is 3.90. The second kappa shape index (κ2) is 4.03. The van der Waals surface area contributed by atoms with E-state index in [-0.39, 0.29) is 6.42 Å². The van der Waals surface area contributed by atoms with Gasteiger partial charge < -0.3 is 14.0 Å². The Morgan fingerprint density at radius 1 is 1.33 bits per heavy atom. The van der Waals surface area contributed by atoms with Crippen LogP contribution in [-0.4, -0.2) is 16.2 Å².